The maximum Gasteiger partial charge on any atom is 0.156 e. The van der Waals surface area contributed by atoms with E-state index in [-0.39, 0.29) is 11.7 Å². The van der Waals surface area contributed by atoms with Gasteiger partial charge in [0, 0.05) is 12.3 Å². The van der Waals surface area contributed by atoms with Crippen molar-refractivity contribution in [3.05, 3.63) is 41.5 Å². The number of carbonyl (C=O) groups is 1. The van der Waals surface area contributed by atoms with Crippen molar-refractivity contribution in [1.82, 2.24) is 0 Å². The lowest BCUT2D eigenvalue weighted by molar-refractivity contribution is -0.115. The van der Waals surface area contributed by atoms with E-state index in [1.807, 2.05) is 24.3 Å². The summed E-state index contributed by atoms with van der Waals surface area (Å²) in [5.74, 6) is 0.179. The van der Waals surface area contributed by atoms with Crippen LogP contribution in [0.15, 0.2) is 30.3 Å². The largest absolute Gasteiger partial charge is 0.392 e. The molecule has 1 aromatic rings. The average molecular weight is 200 g/mol. The van der Waals surface area contributed by atoms with Gasteiger partial charge in [-0.05, 0) is 29.2 Å². The Morgan fingerprint density at radius 1 is 1.20 bits per heavy atom. The van der Waals surface area contributed by atoms with Crippen LogP contribution in [0.3, 0.4) is 0 Å². The van der Waals surface area contributed by atoms with Gasteiger partial charge < -0.3 is 5.11 Å². The number of hydrogen-bond acceptors (Lipinski definition) is 2. The van der Waals surface area contributed by atoms with Crippen LogP contribution in [0.2, 0.25) is 0 Å². The fraction of sp³-hybridized carbons (Fsp3) is 0.308. The van der Waals surface area contributed by atoms with Gasteiger partial charge in [-0.2, -0.15) is 0 Å². The lowest BCUT2D eigenvalue weighted by Crippen LogP contribution is -2.27. The highest BCUT2D eigenvalue weighted by molar-refractivity contribution is 6.03. The van der Waals surface area contributed by atoms with Crippen LogP contribution < -0.4 is 0 Å². The van der Waals surface area contributed by atoms with Crippen molar-refractivity contribution in [2.75, 3.05) is 0 Å². The van der Waals surface area contributed by atoms with Crippen molar-refractivity contribution in [1.29, 1.82) is 0 Å². The Kier molecular flexibility index (Phi) is 1.80. The first kappa shape index (κ1) is 8.86. The number of rotatable bonds is 0. The molecule has 0 heterocycles. The van der Waals surface area contributed by atoms with Crippen LogP contribution in [0, 0.1) is 5.92 Å². The van der Waals surface area contributed by atoms with Gasteiger partial charge in [0.15, 0.2) is 5.78 Å². The Labute approximate surface area is 88.2 Å². The number of ketones is 1. The summed E-state index contributed by atoms with van der Waals surface area (Å²) in [5.41, 5.74) is 3.34. The van der Waals surface area contributed by atoms with Gasteiger partial charge in [-0.3, -0.25) is 4.79 Å². The summed E-state index contributed by atoms with van der Waals surface area (Å²) in [6.07, 6.45) is 2.46. The molecule has 0 aromatic heterocycles. The highest BCUT2D eigenvalue weighted by Crippen LogP contribution is 2.41. The molecule has 0 radical (unpaired) electrons. The monoisotopic (exact) mass is 200 g/mol. The average Bonchev–Trinajstić information content (AvgIpc) is 2.61. The summed E-state index contributed by atoms with van der Waals surface area (Å²) in [7, 11) is 0. The van der Waals surface area contributed by atoms with Crippen molar-refractivity contribution < 1.29 is 9.90 Å². The molecule has 0 amide bonds. The van der Waals surface area contributed by atoms with Crippen LogP contribution in [-0.4, -0.2) is 17.0 Å². The molecule has 0 saturated heterocycles. The van der Waals surface area contributed by atoms with E-state index in [1.165, 1.54) is 0 Å². The lowest BCUT2D eigenvalue weighted by atomic mass is 9.79. The first-order chi connectivity index (χ1) is 7.25. The predicted octanol–water partition coefficient (Wildman–Crippen LogP) is 1.58. The lowest BCUT2D eigenvalue weighted by Gasteiger charge is -2.28. The Balaban J connectivity index is 2.17. The van der Waals surface area contributed by atoms with Crippen LogP contribution in [0.25, 0.3) is 5.57 Å². The normalized spacial score (nSPS) is 28.3. The van der Waals surface area contributed by atoms with Crippen molar-refractivity contribution >= 4 is 11.4 Å². The molecule has 15 heavy (non-hydrogen) atoms. The highest BCUT2D eigenvalue weighted by Gasteiger charge is 2.36. The number of aliphatic hydroxyl groups excluding tert-OH is 1. The van der Waals surface area contributed by atoms with E-state index in [0.717, 1.165) is 16.7 Å². The first-order valence-corrected chi connectivity index (χ1v) is 5.26. The van der Waals surface area contributed by atoms with Crippen molar-refractivity contribution in [2.45, 2.75) is 18.9 Å². The number of benzene rings is 1. The van der Waals surface area contributed by atoms with Crippen LogP contribution in [0.4, 0.5) is 0 Å². The smallest absolute Gasteiger partial charge is 0.156 e. The zero-order valence-electron chi connectivity index (χ0n) is 8.31. The van der Waals surface area contributed by atoms with E-state index in [0.29, 0.717) is 12.8 Å². The summed E-state index contributed by atoms with van der Waals surface area (Å²) in [6.45, 7) is 0. The fourth-order valence-corrected chi connectivity index (χ4v) is 2.63. The van der Waals surface area contributed by atoms with Crippen LogP contribution in [0.5, 0.6) is 0 Å². The highest BCUT2D eigenvalue weighted by atomic mass is 16.3. The molecule has 1 aromatic carbocycles. The summed E-state index contributed by atoms with van der Waals surface area (Å²) in [4.78, 5) is 11.4. The van der Waals surface area contributed by atoms with Crippen LogP contribution in [-0.2, 0) is 11.2 Å². The van der Waals surface area contributed by atoms with E-state index < -0.39 is 6.10 Å². The molecule has 2 atom stereocenters. The summed E-state index contributed by atoms with van der Waals surface area (Å²) in [5, 5.41) is 9.95. The Morgan fingerprint density at radius 3 is 2.87 bits per heavy atom. The molecular formula is C13H12O2. The number of hydrogen-bond donors (Lipinski definition) is 1. The minimum Gasteiger partial charge on any atom is -0.392 e. The quantitative estimate of drug-likeness (QED) is 0.690. The molecule has 76 valence electrons. The van der Waals surface area contributed by atoms with Crippen molar-refractivity contribution in [3.63, 3.8) is 0 Å². The van der Waals surface area contributed by atoms with Crippen LogP contribution in [0.1, 0.15) is 17.5 Å². The second-order valence-electron chi connectivity index (χ2n) is 4.31. The SMILES string of the molecule is O=C1C=C2c3ccccc3CC(O)C2C1. The third-order valence-corrected chi connectivity index (χ3v) is 3.36. The molecule has 2 aliphatic rings. The molecule has 2 unspecified atom stereocenters. The number of allylic oxidation sites excluding steroid dienone is 1. The first-order valence-electron chi connectivity index (χ1n) is 5.26. The zero-order chi connectivity index (χ0) is 10.4. The Hall–Kier alpha value is -1.41. The van der Waals surface area contributed by atoms with Gasteiger partial charge in [0.05, 0.1) is 6.10 Å². The number of carbonyl (C=O) groups excluding carboxylic acids is 1. The minimum atomic E-state index is -0.391. The van der Waals surface area contributed by atoms with Gasteiger partial charge in [0.2, 0.25) is 0 Å². The maximum atomic E-state index is 11.4. The molecule has 1 N–H and O–H groups in total. The van der Waals surface area contributed by atoms with E-state index in [1.54, 1.807) is 6.08 Å². The molecular weight excluding hydrogens is 188 g/mol. The Bertz CT molecular complexity index is 459. The molecule has 0 spiro atoms. The molecule has 3 rings (SSSR count). The maximum absolute atomic E-state index is 11.4. The zero-order valence-corrected chi connectivity index (χ0v) is 8.31. The standard InChI is InChI=1S/C13H12O2/c14-9-6-11-10-4-2-1-3-8(10)5-13(15)12(11)7-9/h1-4,6,12-13,15H,5,7H2. The van der Waals surface area contributed by atoms with Gasteiger partial charge >= 0.3 is 0 Å². The third-order valence-electron chi connectivity index (χ3n) is 3.36. The minimum absolute atomic E-state index is 0.0346. The van der Waals surface area contributed by atoms with Crippen LogP contribution >= 0.6 is 0 Å². The Morgan fingerprint density at radius 2 is 2.00 bits per heavy atom. The van der Waals surface area contributed by atoms with Gasteiger partial charge in [-0.1, -0.05) is 24.3 Å². The second kappa shape index (κ2) is 3.04. The molecule has 2 heteroatoms. The van der Waals surface area contributed by atoms with Gasteiger partial charge in [0.1, 0.15) is 0 Å². The van der Waals surface area contributed by atoms with E-state index >= 15 is 0 Å². The molecule has 0 saturated carbocycles. The summed E-state index contributed by atoms with van der Waals surface area (Å²) < 4.78 is 0. The van der Waals surface area contributed by atoms with E-state index in [2.05, 4.69) is 0 Å². The molecule has 2 aliphatic carbocycles. The molecule has 0 aliphatic heterocycles. The molecule has 0 bridgehead atoms. The summed E-state index contributed by atoms with van der Waals surface area (Å²) >= 11 is 0. The van der Waals surface area contributed by atoms with Gasteiger partial charge in [-0.25, -0.2) is 0 Å². The number of fused-ring (bicyclic) bond motifs is 3. The summed E-state index contributed by atoms with van der Waals surface area (Å²) in [6, 6.07) is 8.03. The third kappa shape index (κ3) is 1.25. The second-order valence-corrected chi connectivity index (χ2v) is 4.31. The van der Waals surface area contributed by atoms with Crippen molar-refractivity contribution in [2.24, 2.45) is 5.92 Å². The van der Waals surface area contributed by atoms with E-state index in [4.69, 9.17) is 0 Å². The molecule has 2 nitrogen and oxygen atoms in total. The fourth-order valence-electron chi connectivity index (χ4n) is 2.63. The van der Waals surface area contributed by atoms with Crippen molar-refractivity contribution in [3.8, 4) is 0 Å². The number of aliphatic hydroxyl groups is 1. The van der Waals surface area contributed by atoms with Gasteiger partial charge in [0.25, 0.3) is 0 Å². The molecule has 0 fully saturated rings. The predicted molar refractivity (Wildman–Crippen MR) is 57.2 cm³/mol. The van der Waals surface area contributed by atoms with E-state index in [9.17, 15) is 9.90 Å². The van der Waals surface area contributed by atoms with Gasteiger partial charge in [-0.15, -0.1) is 0 Å². The topological polar surface area (TPSA) is 37.3 Å².